The molecule has 0 saturated carbocycles. The van der Waals surface area contributed by atoms with Crippen LogP contribution in [0.1, 0.15) is 17.5 Å². The molecular formula is C12H16BrNO. The normalized spacial score (nSPS) is 11.1. The van der Waals surface area contributed by atoms with Crippen molar-refractivity contribution in [1.82, 2.24) is 5.32 Å². The smallest absolute Gasteiger partial charge is 0.0693 e. The topological polar surface area (TPSA) is 32.3 Å². The molecule has 0 atom stereocenters. The van der Waals surface area contributed by atoms with Crippen molar-refractivity contribution in [2.24, 2.45) is 0 Å². The van der Waals surface area contributed by atoms with Gasteiger partial charge >= 0.3 is 0 Å². The van der Waals surface area contributed by atoms with Gasteiger partial charge in [0.2, 0.25) is 0 Å². The lowest BCUT2D eigenvalue weighted by Crippen LogP contribution is -2.05. The lowest BCUT2D eigenvalue weighted by molar-refractivity contribution is 0.281. The Hall–Kier alpha value is -0.640. The molecule has 1 rings (SSSR count). The lowest BCUT2D eigenvalue weighted by atomic mass is 10.1. The highest BCUT2D eigenvalue weighted by atomic mass is 79.9. The largest absolute Gasteiger partial charge is 0.392 e. The zero-order valence-corrected chi connectivity index (χ0v) is 10.4. The summed E-state index contributed by atoms with van der Waals surface area (Å²) in [6.07, 6.45) is 5.21. The molecule has 1 aromatic carbocycles. The van der Waals surface area contributed by atoms with Gasteiger partial charge in [-0.05, 0) is 43.3 Å². The SMILES string of the molecule is CNCCC=Cc1ccc(Br)c(CO)c1. The van der Waals surface area contributed by atoms with Crippen LogP contribution in [0.4, 0.5) is 0 Å². The molecule has 2 nitrogen and oxygen atoms in total. The highest BCUT2D eigenvalue weighted by molar-refractivity contribution is 9.10. The van der Waals surface area contributed by atoms with Crippen LogP contribution in [0.2, 0.25) is 0 Å². The van der Waals surface area contributed by atoms with E-state index >= 15 is 0 Å². The second kappa shape index (κ2) is 6.77. The molecule has 0 heterocycles. The number of hydrogen-bond acceptors (Lipinski definition) is 2. The van der Waals surface area contributed by atoms with Gasteiger partial charge in [0.1, 0.15) is 0 Å². The second-order valence-corrected chi connectivity index (χ2v) is 4.16. The number of aliphatic hydroxyl groups is 1. The molecule has 15 heavy (non-hydrogen) atoms. The molecule has 3 heteroatoms. The summed E-state index contributed by atoms with van der Waals surface area (Å²) in [5, 5.41) is 12.2. The van der Waals surface area contributed by atoms with E-state index < -0.39 is 0 Å². The summed E-state index contributed by atoms with van der Waals surface area (Å²) in [5.41, 5.74) is 2.05. The van der Waals surface area contributed by atoms with Crippen LogP contribution in [-0.2, 0) is 6.61 Å². The Labute approximate surface area is 99.1 Å². The van der Waals surface area contributed by atoms with Crippen molar-refractivity contribution in [1.29, 1.82) is 0 Å². The molecule has 0 bridgehead atoms. The third kappa shape index (κ3) is 4.16. The first-order chi connectivity index (χ1) is 7.27. The van der Waals surface area contributed by atoms with Crippen molar-refractivity contribution in [2.45, 2.75) is 13.0 Å². The van der Waals surface area contributed by atoms with Crippen molar-refractivity contribution in [3.63, 3.8) is 0 Å². The molecule has 82 valence electrons. The third-order valence-electron chi connectivity index (χ3n) is 2.11. The summed E-state index contributed by atoms with van der Waals surface area (Å²) in [4.78, 5) is 0. The first-order valence-electron chi connectivity index (χ1n) is 4.98. The van der Waals surface area contributed by atoms with Crippen molar-refractivity contribution in [2.75, 3.05) is 13.6 Å². The number of hydrogen-bond donors (Lipinski definition) is 2. The maximum absolute atomic E-state index is 9.09. The van der Waals surface area contributed by atoms with Gasteiger partial charge in [-0.3, -0.25) is 0 Å². The number of halogens is 1. The molecule has 0 aromatic heterocycles. The van der Waals surface area contributed by atoms with Gasteiger partial charge in [-0.25, -0.2) is 0 Å². The van der Waals surface area contributed by atoms with Gasteiger partial charge < -0.3 is 10.4 Å². The van der Waals surface area contributed by atoms with Crippen molar-refractivity contribution in [3.8, 4) is 0 Å². The monoisotopic (exact) mass is 269 g/mol. The molecule has 0 aliphatic heterocycles. The summed E-state index contributed by atoms with van der Waals surface area (Å²) in [7, 11) is 1.94. The Morgan fingerprint density at radius 2 is 2.27 bits per heavy atom. The minimum Gasteiger partial charge on any atom is -0.392 e. The molecule has 0 spiro atoms. The summed E-state index contributed by atoms with van der Waals surface area (Å²) >= 11 is 3.39. The average molecular weight is 270 g/mol. The van der Waals surface area contributed by atoms with E-state index in [-0.39, 0.29) is 6.61 Å². The van der Waals surface area contributed by atoms with E-state index in [0.717, 1.165) is 28.6 Å². The molecule has 0 radical (unpaired) electrons. The standard InChI is InChI=1S/C12H16BrNO/c1-14-7-3-2-4-10-5-6-12(13)11(8-10)9-15/h2,4-6,8,14-15H,3,7,9H2,1H3. The quantitative estimate of drug-likeness (QED) is 0.806. The third-order valence-corrected chi connectivity index (χ3v) is 2.89. The van der Waals surface area contributed by atoms with Crippen LogP contribution in [-0.4, -0.2) is 18.7 Å². The van der Waals surface area contributed by atoms with Gasteiger partial charge in [-0.15, -0.1) is 0 Å². The van der Waals surface area contributed by atoms with Crippen LogP contribution in [0.5, 0.6) is 0 Å². The van der Waals surface area contributed by atoms with Crippen molar-refractivity contribution in [3.05, 3.63) is 39.9 Å². The van der Waals surface area contributed by atoms with Gasteiger partial charge in [-0.1, -0.05) is 34.1 Å². The molecule has 0 fully saturated rings. The molecule has 0 amide bonds. The van der Waals surface area contributed by atoms with Gasteiger partial charge in [0.05, 0.1) is 6.61 Å². The molecule has 1 aromatic rings. The summed E-state index contributed by atoms with van der Waals surface area (Å²) in [6, 6.07) is 5.97. The van der Waals surface area contributed by atoms with E-state index in [4.69, 9.17) is 5.11 Å². The summed E-state index contributed by atoms with van der Waals surface area (Å²) in [6.45, 7) is 1.05. The van der Waals surface area contributed by atoms with Crippen LogP contribution in [0.3, 0.4) is 0 Å². The summed E-state index contributed by atoms with van der Waals surface area (Å²) < 4.78 is 0.956. The maximum atomic E-state index is 9.09. The van der Waals surface area contributed by atoms with Gasteiger partial charge in [0.25, 0.3) is 0 Å². The van der Waals surface area contributed by atoms with Gasteiger partial charge in [0, 0.05) is 4.47 Å². The van der Waals surface area contributed by atoms with E-state index in [1.807, 2.05) is 25.2 Å². The zero-order chi connectivity index (χ0) is 11.1. The average Bonchev–Trinajstić information content (AvgIpc) is 2.26. The fourth-order valence-corrected chi connectivity index (χ4v) is 1.64. The van der Waals surface area contributed by atoms with Crippen LogP contribution >= 0.6 is 15.9 Å². The fraction of sp³-hybridized carbons (Fsp3) is 0.333. The molecule has 2 N–H and O–H groups in total. The van der Waals surface area contributed by atoms with Crippen LogP contribution in [0, 0.1) is 0 Å². The molecule has 0 saturated heterocycles. The Kier molecular flexibility index (Phi) is 5.61. The predicted octanol–water partition coefficient (Wildman–Crippen LogP) is 2.56. The lowest BCUT2D eigenvalue weighted by Gasteiger charge is -2.01. The minimum absolute atomic E-state index is 0.0682. The first-order valence-corrected chi connectivity index (χ1v) is 5.77. The number of nitrogens with one attached hydrogen (secondary N) is 1. The van der Waals surface area contributed by atoms with E-state index in [9.17, 15) is 0 Å². The number of aliphatic hydroxyl groups excluding tert-OH is 1. The Balaban J connectivity index is 2.65. The van der Waals surface area contributed by atoms with E-state index in [1.54, 1.807) is 0 Å². The number of benzene rings is 1. The molecule has 0 unspecified atom stereocenters. The van der Waals surface area contributed by atoms with Crippen LogP contribution in [0.15, 0.2) is 28.7 Å². The zero-order valence-electron chi connectivity index (χ0n) is 8.83. The predicted molar refractivity (Wildman–Crippen MR) is 67.6 cm³/mol. The van der Waals surface area contributed by atoms with E-state index in [1.165, 1.54) is 0 Å². The molecule has 0 aliphatic carbocycles. The highest BCUT2D eigenvalue weighted by Crippen LogP contribution is 2.19. The van der Waals surface area contributed by atoms with Crippen molar-refractivity contribution < 1.29 is 5.11 Å². The second-order valence-electron chi connectivity index (χ2n) is 3.30. The van der Waals surface area contributed by atoms with Crippen LogP contribution in [0.25, 0.3) is 6.08 Å². The van der Waals surface area contributed by atoms with Gasteiger partial charge in [0.15, 0.2) is 0 Å². The Bertz CT molecular complexity index is 336. The van der Waals surface area contributed by atoms with E-state index in [2.05, 4.69) is 33.4 Å². The van der Waals surface area contributed by atoms with E-state index in [0.29, 0.717) is 0 Å². The summed E-state index contributed by atoms with van der Waals surface area (Å²) in [5.74, 6) is 0. The first kappa shape index (κ1) is 12.4. The molecule has 0 aliphatic rings. The Morgan fingerprint density at radius 3 is 2.93 bits per heavy atom. The van der Waals surface area contributed by atoms with Gasteiger partial charge in [-0.2, -0.15) is 0 Å². The molecular weight excluding hydrogens is 254 g/mol. The maximum Gasteiger partial charge on any atom is 0.0693 e. The highest BCUT2D eigenvalue weighted by Gasteiger charge is 1.97. The van der Waals surface area contributed by atoms with Crippen LogP contribution < -0.4 is 5.32 Å². The minimum atomic E-state index is 0.0682. The Morgan fingerprint density at radius 1 is 1.47 bits per heavy atom. The number of rotatable bonds is 5. The van der Waals surface area contributed by atoms with Crippen molar-refractivity contribution >= 4 is 22.0 Å². The fourth-order valence-electron chi connectivity index (χ4n) is 1.27.